The van der Waals surface area contributed by atoms with Crippen molar-refractivity contribution in [1.29, 1.82) is 0 Å². The molecule has 5 aromatic rings. The molecule has 0 aliphatic carbocycles. The van der Waals surface area contributed by atoms with Crippen molar-refractivity contribution in [3.63, 3.8) is 0 Å². The number of pyridine rings is 1. The van der Waals surface area contributed by atoms with E-state index in [9.17, 15) is 0 Å². The topological polar surface area (TPSA) is 69.8 Å². The molecule has 0 saturated carbocycles. The summed E-state index contributed by atoms with van der Waals surface area (Å²) in [5.41, 5.74) is 7.52. The van der Waals surface area contributed by atoms with Gasteiger partial charge in [-0.3, -0.25) is 10.1 Å². The van der Waals surface area contributed by atoms with Crippen LogP contribution >= 0.6 is 0 Å². The van der Waals surface area contributed by atoms with Crippen LogP contribution in [0.2, 0.25) is 0 Å². The zero-order chi connectivity index (χ0) is 21.5. The average molecular weight is 424 g/mol. The SMILES string of the molecule is COc1cncc(-c2ccc3[nH]nc(-c4cc5c(N6CCCCC6)cccc5[nH]4)c3c2)c1. The number of nitrogens with zero attached hydrogens (tertiary/aromatic N) is 3. The van der Waals surface area contributed by atoms with Crippen LogP contribution in [0.1, 0.15) is 19.3 Å². The minimum Gasteiger partial charge on any atom is -0.495 e. The van der Waals surface area contributed by atoms with Crippen molar-refractivity contribution < 1.29 is 4.74 Å². The largest absolute Gasteiger partial charge is 0.495 e. The lowest BCUT2D eigenvalue weighted by molar-refractivity contribution is 0.413. The number of piperidine rings is 1. The Labute approximate surface area is 186 Å². The molecule has 6 rings (SSSR count). The van der Waals surface area contributed by atoms with Gasteiger partial charge in [0.1, 0.15) is 11.4 Å². The number of hydrogen-bond donors (Lipinski definition) is 2. The average Bonchev–Trinajstić information content (AvgIpc) is 3.48. The van der Waals surface area contributed by atoms with Crippen molar-refractivity contribution in [1.82, 2.24) is 20.2 Å². The summed E-state index contributed by atoms with van der Waals surface area (Å²) in [6.45, 7) is 2.26. The van der Waals surface area contributed by atoms with Crippen LogP contribution < -0.4 is 9.64 Å². The molecule has 2 aromatic carbocycles. The normalized spacial score (nSPS) is 14.3. The van der Waals surface area contributed by atoms with Crippen LogP contribution in [0, 0.1) is 0 Å². The first-order valence-electron chi connectivity index (χ1n) is 11.1. The molecule has 0 atom stereocenters. The third-order valence-corrected chi connectivity index (χ3v) is 6.44. The smallest absolute Gasteiger partial charge is 0.137 e. The van der Waals surface area contributed by atoms with Gasteiger partial charge in [0.15, 0.2) is 0 Å². The van der Waals surface area contributed by atoms with E-state index in [0.29, 0.717) is 0 Å². The van der Waals surface area contributed by atoms with Gasteiger partial charge in [-0.1, -0.05) is 12.1 Å². The van der Waals surface area contributed by atoms with Gasteiger partial charge in [-0.05, 0) is 61.2 Å². The van der Waals surface area contributed by atoms with E-state index in [1.54, 1.807) is 13.3 Å². The molecule has 160 valence electrons. The molecule has 1 aliphatic heterocycles. The molecule has 0 radical (unpaired) electrons. The van der Waals surface area contributed by atoms with Crippen LogP contribution in [-0.2, 0) is 0 Å². The molecule has 0 amide bonds. The number of benzene rings is 2. The number of H-pyrrole nitrogens is 2. The maximum Gasteiger partial charge on any atom is 0.137 e. The first-order valence-corrected chi connectivity index (χ1v) is 11.1. The fraction of sp³-hybridized carbons (Fsp3) is 0.231. The summed E-state index contributed by atoms with van der Waals surface area (Å²) in [5.74, 6) is 0.746. The number of methoxy groups -OCH3 is 1. The monoisotopic (exact) mass is 423 g/mol. The van der Waals surface area contributed by atoms with Crippen molar-refractivity contribution in [2.24, 2.45) is 0 Å². The van der Waals surface area contributed by atoms with Crippen LogP contribution in [0.4, 0.5) is 5.69 Å². The lowest BCUT2D eigenvalue weighted by Crippen LogP contribution is -2.29. The molecule has 6 nitrogen and oxygen atoms in total. The Bertz CT molecular complexity index is 1410. The zero-order valence-electron chi connectivity index (χ0n) is 18.1. The summed E-state index contributed by atoms with van der Waals surface area (Å²) in [6.07, 6.45) is 7.43. The molecule has 3 aromatic heterocycles. The number of fused-ring (bicyclic) bond motifs is 2. The predicted molar refractivity (Wildman–Crippen MR) is 129 cm³/mol. The van der Waals surface area contributed by atoms with E-state index in [2.05, 4.69) is 67.5 Å². The first kappa shape index (κ1) is 18.9. The van der Waals surface area contributed by atoms with Crippen LogP contribution in [0.3, 0.4) is 0 Å². The number of anilines is 1. The number of nitrogens with one attached hydrogen (secondary N) is 2. The molecular formula is C26H25N5O. The van der Waals surface area contributed by atoms with Gasteiger partial charge in [0, 0.05) is 46.8 Å². The van der Waals surface area contributed by atoms with E-state index in [-0.39, 0.29) is 0 Å². The van der Waals surface area contributed by atoms with E-state index in [4.69, 9.17) is 4.74 Å². The summed E-state index contributed by atoms with van der Waals surface area (Å²) in [7, 11) is 1.66. The Kier molecular flexibility index (Phi) is 4.56. The summed E-state index contributed by atoms with van der Waals surface area (Å²) in [4.78, 5) is 10.4. The highest BCUT2D eigenvalue weighted by Gasteiger charge is 2.17. The predicted octanol–water partition coefficient (Wildman–Crippen LogP) is 5.77. The minimum atomic E-state index is 0.746. The number of ether oxygens (including phenoxy) is 1. The summed E-state index contributed by atoms with van der Waals surface area (Å²) in [6, 6.07) is 17.1. The zero-order valence-corrected chi connectivity index (χ0v) is 18.1. The summed E-state index contributed by atoms with van der Waals surface area (Å²) >= 11 is 0. The van der Waals surface area contributed by atoms with Gasteiger partial charge in [-0.15, -0.1) is 0 Å². The number of rotatable bonds is 4. The lowest BCUT2D eigenvalue weighted by Gasteiger charge is -2.29. The highest BCUT2D eigenvalue weighted by Crippen LogP contribution is 2.35. The second-order valence-corrected chi connectivity index (χ2v) is 8.42. The molecule has 1 aliphatic rings. The van der Waals surface area contributed by atoms with Crippen LogP contribution in [0.15, 0.2) is 60.9 Å². The minimum absolute atomic E-state index is 0.746. The summed E-state index contributed by atoms with van der Waals surface area (Å²) in [5, 5.41) is 10.2. The highest BCUT2D eigenvalue weighted by atomic mass is 16.5. The standard InChI is InChI=1S/C26H25N5O/c1-32-19-12-18(15-27-16-19)17-8-9-23-21(13-17)26(30-29-23)24-14-20-22(28-24)6-5-7-25(20)31-10-3-2-4-11-31/h5-9,12-16,28H,2-4,10-11H2,1H3,(H,29,30). The molecule has 0 bridgehead atoms. The Morgan fingerprint density at radius 1 is 0.875 bits per heavy atom. The maximum absolute atomic E-state index is 5.35. The van der Waals surface area contributed by atoms with Crippen molar-refractivity contribution in [3.8, 4) is 28.3 Å². The molecule has 0 unspecified atom stereocenters. The van der Waals surface area contributed by atoms with E-state index >= 15 is 0 Å². The molecule has 4 heterocycles. The van der Waals surface area contributed by atoms with Crippen LogP contribution in [0.5, 0.6) is 5.75 Å². The van der Waals surface area contributed by atoms with Crippen LogP contribution in [0.25, 0.3) is 44.3 Å². The van der Waals surface area contributed by atoms with Gasteiger partial charge in [0.05, 0.1) is 24.5 Å². The second kappa shape index (κ2) is 7.71. The van der Waals surface area contributed by atoms with Crippen molar-refractivity contribution in [3.05, 3.63) is 60.9 Å². The quantitative estimate of drug-likeness (QED) is 0.385. The third kappa shape index (κ3) is 3.19. The second-order valence-electron chi connectivity index (χ2n) is 8.42. The van der Waals surface area contributed by atoms with Crippen molar-refractivity contribution in [2.45, 2.75) is 19.3 Å². The molecular weight excluding hydrogens is 398 g/mol. The van der Waals surface area contributed by atoms with Crippen LogP contribution in [-0.4, -0.2) is 40.4 Å². The van der Waals surface area contributed by atoms with Gasteiger partial charge in [0.2, 0.25) is 0 Å². The van der Waals surface area contributed by atoms with E-state index < -0.39 is 0 Å². The van der Waals surface area contributed by atoms with Gasteiger partial charge in [-0.2, -0.15) is 5.10 Å². The Morgan fingerprint density at radius 3 is 2.66 bits per heavy atom. The Morgan fingerprint density at radius 2 is 1.78 bits per heavy atom. The Hall–Kier alpha value is -3.80. The van der Waals surface area contributed by atoms with Gasteiger partial charge in [0.25, 0.3) is 0 Å². The Balaban J connectivity index is 1.45. The maximum atomic E-state index is 5.35. The molecule has 2 N–H and O–H groups in total. The van der Waals surface area contributed by atoms with Gasteiger partial charge < -0.3 is 14.6 Å². The van der Waals surface area contributed by atoms with E-state index in [1.807, 2.05) is 12.3 Å². The number of aromatic nitrogens is 4. The first-order chi connectivity index (χ1) is 15.8. The van der Waals surface area contributed by atoms with Gasteiger partial charge in [-0.25, -0.2) is 0 Å². The molecule has 0 spiro atoms. The number of aromatic amines is 2. The van der Waals surface area contributed by atoms with E-state index in [1.165, 1.54) is 30.3 Å². The molecule has 1 fully saturated rings. The van der Waals surface area contributed by atoms with Crippen molar-refractivity contribution >= 4 is 27.5 Å². The third-order valence-electron chi connectivity index (χ3n) is 6.44. The van der Waals surface area contributed by atoms with Crippen molar-refractivity contribution in [2.75, 3.05) is 25.1 Å². The fourth-order valence-corrected chi connectivity index (χ4v) is 4.76. The van der Waals surface area contributed by atoms with Gasteiger partial charge >= 0.3 is 0 Å². The summed E-state index contributed by atoms with van der Waals surface area (Å²) < 4.78 is 5.35. The highest BCUT2D eigenvalue weighted by molar-refractivity contribution is 6.00. The number of hydrogen-bond acceptors (Lipinski definition) is 4. The fourth-order valence-electron chi connectivity index (χ4n) is 4.76. The molecule has 32 heavy (non-hydrogen) atoms. The molecule has 1 saturated heterocycles. The van der Waals surface area contributed by atoms with E-state index in [0.717, 1.165) is 57.8 Å². The molecule has 6 heteroatoms. The lowest BCUT2D eigenvalue weighted by atomic mass is 10.0.